The van der Waals surface area contributed by atoms with Crippen LogP contribution in [0, 0.1) is 17.1 Å². The van der Waals surface area contributed by atoms with Gasteiger partial charge in [-0.05, 0) is 34.1 Å². The summed E-state index contributed by atoms with van der Waals surface area (Å²) >= 11 is 3.08. The Bertz CT molecular complexity index is 667. The fourth-order valence-corrected chi connectivity index (χ4v) is 2.25. The molecule has 0 radical (unpaired) electrons. The van der Waals surface area contributed by atoms with Gasteiger partial charge in [0.25, 0.3) is 0 Å². The zero-order valence-electron chi connectivity index (χ0n) is 10.8. The maximum absolute atomic E-state index is 14.0. The van der Waals surface area contributed by atoms with Gasteiger partial charge in [-0.15, -0.1) is 0 Å². The highest BCUT2D eigenvalue weighted by molar-refractivity contribution is 9.10. The summed E-state index contributed by atoms with van der Waals surface area (Å²) in [4.78, 5) is 0. The minimum atomic E-state index is -0.473. The average molecular weight is 335 g/mol. The van der Waals surface area contributed by atoms with Gasteiger partial charge in [0.2, 0.25) is 0 Å². The third-order valence-corrected chi connectivity index (χ3v) is 3.64. The Morgan fingerprint density at radius 2 is 2.05 bits per heavy atom. The molecule has 0 aliphatic carbocycles. The molecule has 20 heavy (non-hydrogen) atoms. The molecule has 0 atom stereocenters. The van der Waals surface area contributed by atoms with Crippen molar-refractivity contribution in [1.29, 1.82) is 5.26 Å². The summed E-state index contributed by atoms with van der Waals surface area (Å²) in [5, 5.41) is 11.8. The van der Waals surface area contributed by atoms with Crippen molar-refractivity contribution in [3.63, 3.8) is 0 Å². The van der Waals surface area contributed by atoms with E-state index in [2.05, 4.69) is 21.2 Å². The molecule has 0 aliphatic heterocycles. The van der Waals surface area contributed by atoms with Crippen LogP contribution in [-0.4, -0.2) is 7.11 Å². The van der Waals surface area contributed by atoms with E-state index in [9.17, 15) is 4.39 Å². The van der Waals surface area contributed by atoms with Crippen molar-refractivity contribution in [3.8, 4) is 11.8 Å². The standard InChI is InChI=1S/C15H12BrFN2O/c1-20-13-5-3-2-4-11(13)9-19-12-7-6-10(8-18)14(16)15(12)17/h2-7,19H,9H2,1H3. The number of halogens is 2. The number of hydrogen-bond donors (Lipinski definition) is 1. The molecule has 0 bridgehead atoms. The van der Waals surface area contributed by atoms with Crippen LogP contribution >= 0.6 is 15.9 Å². The van der Waals surface area contributed by atoms with Crippen LogP contribution in [0.25, 0.3) is 0 Å². The second kappa shape index (κ2) is 6.40. The Kier molecular flexibility index (Phi) is 4.59. The topological polar surface area (TPSA) is 45.0 Å². The largest absolute Gasteiger partial charge is 0.496 e. The zero-order valence-corrected chi connectivity index (χ0v) is 12.4. The Labute approximate surface area is 125 Å². The van der Waals surface area contributed by atoms with E-state index in [4.69, 9.17) is 10.00 Å². The van der Waals surface area contributed by atoms with Gasteiger partial charge in [0.05, 0.1) is 22.8 Å². The number of rotatable bonds is 4. The summed E-state index contributed by atoms with van der Waals surface area (Å²) in [5.74, 6) is 0.270. The van der Waals surface area contributed by atoms with E-state index < -0.39 is 5.82 Å². The molecule has 2 aromatic carbocycles. The SMILES string of the molecule is COc1ccccc1CNc1ccc(C#N)c(Br)c1F. The molecule has 0 aliphatic rings. The van der Waals surface area contributed by atoms with E-state index in [-0.39, 0.29) is 10.0 Å². The number of methoxy groups -OCH3 is 1. The minimum Gasteiger partial charge on any atom is -0.496 e. The number of nitrogens with one attached hydrogen (secondary N) is 1. The van der Waals surface area contributed by atoms with E-state index in [1.54, 1.807) is 19.2 Å². The second-order valence-corrected chi connectivity index (χ2v) is 4.86. The minimum absolute atomic E-state index is 0.171. The average Bonchev–Trinajstić information content (AvgIpc) is 2.49. The van der Waals surface area contributed by atoms with Gasteiger partial charge in [-0.1, -0.05) is 18.2 Å². The molecule has 0 saturated heterocycles. The third kappa shape index (κ3) is 2.91. The number of benzene rings is 2. The smallest absolute Gasteiger partial charge is 0.161 e. The molecule has 1 N–H and O–H groups in total. The summed E-state index contributed by atoms with van der Waals surface area (Å²) in [6, 6.07) is 12.6. The predicted molar refractivity (Wildman–Crippen MR) is 79.1 cm³/mol. The number of hydrogen-bond acceptors (Lipinski definition) is 3. The number of anilines is 1. The van der Waals surface area contributed by atoms with Crippen LogP contribution in [-0.2, 0) is 6.54 Å². The van der Waals surface area contributed by atoms with E-state index in [0.717, 1.165) is 11.3 Å². The van der Waals surface area contributed by atoms with Crippen LogP contribution in [0.5, 0.6) is 5.75 Å². The molecule has 0 heterocycles. The molecule has 2 aromatic rings. The summed E-state index contributed by atoms with van der Waals surface area (Å²) < 4.78 is 19.5. The van der Waals surface area contributed by atoms with E-state index in [0.29, 0.717) is 12.2 Å². The van der Waals surface area contributed by atoms with Gasteiger partial charge in [0.15, 0.2) is 5.82 Å². The molecular formula is C15H12BrFN2O. The molecule has 5 heteroatoms. The first kappa shape index (κ1) is 14.4. The first-order valence-corrected chi connectivity index (χ1v) is 6.70. The van der Waals surface area contributed by atoms with Gasteiger partial charge in [0.1, 0.15) is 11.8 Å². The molecule has 0 amide bonds. The molecule has 0 spiro atoms. The lowest BCUT2D eigenvalue weighted by Gasteiger charge is -2.12. The summed E-state index contributed by atoms with van der Waals surface area (Å²) in [6.07, 6.45) is 0. The van der Waals surface area contributed by atoms with Crippen molar-refractivity contribution in [1.82, 2.24) is 0 Å². The van der Waals surface area contributed by atoms with Gasteiger partial charge < -0.3 is 10.1 Å². The maximum Gasteiger partial charge on any atom is 0.161 e. The lowest BCUT2D eigenvalue weighted by Crippen LogP contribution is -2.04. The molecule has 102 valence electrons. The highest BCUT2D eigenvalue weighted by Gasteiger charge is 2.11. The molecule has 0 aromatic heterocycles. The van der Waals surface area contributed by atoms with Crippen LogP contribution in [0.2, 0.25) is 0 Å². The van der Waals surface area contributed by atoms with Gasteiger partial charge in [-0.3, -0.25) is 0 Å². The van der Waals surface area contributed by atoms with E-state index in [1.807, 2.05) is 30.3 Å². The van der Waals surface area contributed by atoms with Crippen molar-refractivity contribution >= 4 is 21.6 Å². The molecule has 2 rings (SSSR count). The maximum atomic E-state index is 14.0. The Morgan fingerprint density at radius 3 is 2.75 bits per heavy atom. The molecule has 0 unspecified atom stereocenters. The highest BCUT2D eigenvalue weighted by atomic mass is 79.9. The molecular weight excluding hydrogens is 323 g/mol. The Hall–Kier alpha value is -2.06. The molecule has 3 nitrogen and oxygen atoms in total. The molecule has 0 saturated carbocycles. The van der Waals surface area contributed by atoms with Crippen LogP contribution in [0.3, 0.4) is 0 Å². The quantitative estimate of drug-likeness (QED) is 0.916. The number of ether oxygens (including phenoxy) is 1. The van der Waals surface area contributed by atoms with Crippen LogP contribution in [0.4, 0.5) is 10.1 Å². The van der Waals surface area contributed by atoms with E-state index in [1.165, 1.54) is 0 Å². The van der Waals surface area contributed by atoms with Gasteiger partial charge >= 0.3 is 0 Å². The summed E-state index contributed by atoms with van der Waals surface area (Å²) in [6.45, 7) is 0.430. The van der Waals surface area contributed by atoms with Crippen molar-refractivity contribution in [2.24, 2.45) is 0 Å². The van der Waals surface area contributed by atoms with Crippen LogP contribution < -0.4 is 10.1 Å². The fourth-order valence-electron chi connectivity index (χ4n) is 1.81. The van der Waals surface area contributed by atoms with Crippen molar-refractivity contribution in [2.45, 2.75) is 6.54 Å². The predicted octanol–water partition coefficient (Wildman–Crippen LogP) is 4.08. The van der Waals surface area contributed by atoms with Crippen molar-refractivity contribution in [2.75, 3.05) is 12.4 Å². The lowest BCUT2D eigenvalue weighted by atomic mass is 10.1. The van der Waals surface area contributed by atoms with Gasteiger partial charge in [-0.25, -0.2) is 4.39 Å². The number of para-hydroxylation sites is 1. The monoisotopic (exact) mass is 334 g/mol. The van der Waals surface area contributed by atoms with Crippen molar-refractivity contribution < 1.29 is 9.13 Å². The number of nitriles is 1. The summed E-state index contributed by atoms with van der Waals surface area (Å²) in [5.41, 5.74) is 1.53. The normalized spacial score (nSPS) is 9.90. The van der Waals surface area contributed by atoms with E-state index >= 15 is 0 Å². The summed E-state index contributed by atoms with van der Waals surface area (Å²) in [7, 11) is 1.59. The third-order valence-electron chi connectivity index (χ3n) is 2.86. The zero-order chi connectivity index (χ0) is 14.5. The second-order valence-electron chi connectivity index (χ2n) is 4.07. The highest BCUT2D eigenvalue weighted by Crippen LogP contribution is 2.27. The van der Waals surface area contributed by atoms with Gasteiger partial charge in [-0.2, -0.15) is 5.26 Å². The van der Waals surface area contributed by atoms with Crippen LogP contribution in [0.1, 0.15) is 11.1 Å². The van der Waals surface area contributed by atoms with Crippen molar-refractivity contribution in [3.05, 3.63) is 57.8 Å². The number of nitrogens with zero attached hydrogens (tertiary/aromatic N) is 1. The molecule has 0 fully saturated rings. The first-order valence-electron chi connectivity index (χ1n) is 5.91. The first-order chi connectivity index (χ1) is 9.67. The Morgan fingerprint density at radius 1 is 1.30 bits per heavy atom. The fraction of sp³-hybridized carbons (Fsp3) is 0.133. The lowest BCUT2D eigenvalue weighted by molar-refractivity contribution is 0.410. The Balaban J connectivity index is 2.20. The van der Waals surface area contributed by atoms with Gasteiger partial charge in [0, 0.05) is 12.1 Å². The van der Waals surface area contributed by atoms with Crippen LogP contribution in [0.15, 0.2) is 40.9 Å².